The predicted molar refractivity (Wildman–Crippen MR) is 116 cm³/mol. The molecule has 0 bridgehead atoms. The number of rotatable bonds is 5. The Morgan fingerprint density at radius 3 is 2.96 bits per heavy atom. The Balaban J connectivity index is 1.81. The fraction of sp³-hybridized carbons (Fsp3) is 0.227. The molecule has 3 aromatic rings. The van der Waals surface area contributed by atoms with Gasteiger partial charge in [-0.25, -0.2) is 4.98 Å². The van der Waals surface area contributed by atoms with Crippen molar-refractivity contribution in [2.24, 2.45) is 0 Å². The van der Waals surface area contributed by atoms with Crippen LogP contribution in [0.2, 0.25) is 0 Å². The van der Waals surface area contributed by atoms with Crippen LogP contribution in [-0.2, 0) is 12.8 Å². The zero-order chi connectivity index (χ0) is 19.5. The van der Waals surface area contributed by atoms with Gasteiger partial charge in [0.2, 0.25) is 0 Å². The molecule has 28 heavy (non-hydrogen) atoms. The maximum Gasteiger partial charge on any atom is 0.187 e. The number of nitriles is 1. The summed E-state index contributed by atoms with van der Waals surface area (Å²) < 4.78 is 0. The number of benzene rings is 1. The lowest BCUT2D eigenvalue weighted by Crippen LogP contribution is -2.16. The van der Waals surface area contributed by atoms with Gasteiger partial charge in [0.1, 0.15) is 0 Å². The Hall–Kier alpha value is -3.17. The van der Waals surface area contributed by atoms with Crippen LogP contribution in [0.4, 0.5) is 10.8 Å². The lowest BCUT2D eigenvalue weighted by molar-refractivity contribution is 0.980. The van der Waals surface area contributed by atoms with E-state index in [1.807, 2.05) is 6.20 Å². The van der Waals surface area contributed by atoms with Crippen LogP contribution in [0, 0.1) is 11.3 Å². The standard InChI is InChI=1S/C22H21N5S/c1-3-19-21(27-22-26-13-17(28-22)8-9-23)18-11-15(6-7-16(18)12-25-19)20-14(2)5-4-10-24-20/h4-7,11-13,24H,3,8,10H2,1-2H3,(H,26,27). The third-order valence-electron chi connectivity index (χ3n) is 4.79. The monoisotopic (exact) mass is 387 g/mol. The van der Waals surface area contributed by atoms with E-state index < -0.39 is 0 Å². The molecule has 0 spiro atoms. The number of allylic oxidation sites excluding steroid dienone is 2. The zero-order valence-electron chi connectivity index (χ0n) is 15.9. The summed E-state index contributed by atoms with van der Waals surface area (Å²) in [6.07, 6.45) is 9.19. The van der Waals surface area contributed by atoms with Crippen LogP contribution in [0.25, 0.3) is 16.5 Å². The molecule has 6 heteroatoms. The average molecular weight is 388 g/mol. The highest BCUT2D eigenvalue weighted by molar-refractivity contribution is 7.15. The van der Waals surface area contributed by atoms with Crippen molar-refractivity contribution in [2.45, 2.75) is 26.7 Å². The first-order valence-corrected chi connectivity index (χ1v) is 10.1. The van der Waals surface area contributed by atoms with Gasteiger partial charge < -0.3 is 10.6 Å². The summed E-state index contributed by atoms with van der Waals surface area (Å²) in [7, 11) is 0. The summed E-state index contributed by atoms with van der Waals surface area (Å²) in [6, 6.07) is 8.64. The quantitative estimate of drug-likeness (QED) is 0.648. The van der Waals surface area contributed by atoms with Crippen molar-refractivity contribution in [3.63, 3.8) is 0 Å². The number of pyridine rings is 1. The highest BCUT2D eigenvalue weighted by Gasteiger charge is 2.14. The van der Waals surface area contributed by atoms with Crippen molar-refractivity contribution >= 4 is 38.6 Å². The Morgan fingerprint density at radius 1 is 1.29 bits per heavy atom. The minimum absolute atomic E-state index is 0.379. The molecule has 140 valence electrons. The fourth-order valence-corrected chi connectivity index (χ4v) is 4.15. The van der Waals surface area contributed by atoms with Crippen molar-refractivity contribution in [2.75, 3.05) is 11.9 Å². The van der Waals surface area contributed by atoms with Crippen molar-refractivity contribution in [1.82, 2.24) is 15.3 Å². The number of thiazole rings is 1. The first kappa shape index (κ1) is 18.2. The number of nitrogens with one attached hydrogen (secondary N) is 2. The number of dihydropyridines is 1. The topological polar surface area (TPSA) is 73.6 Å². The van der Waals surface area contributed by atoms with Crippen LogP contribution in [0.15, 0.2) is 48.3 Å². The molecular weight excluding hydrogens is 366 g/mol. The van der Waals surface area contributed by atoms with Gasteiger partial charge in [-0.05, 0) is 30.5 Å². The third-order valence-corrected chi connectivity index (χ3v) is 5.70. The molecule has 0 saturated carbocycles. The molecule has 0 saturated heterocycles. The third kappa shape index (κ3) is 3.49. The van der Waals surface area contributed by atoms with Gasteiger partial charge in [-0.15, -0.1) is 11.3 Å². The van der Waals surface area contributed by atoms with E-state index in [2.05, 4.69) is 70.9 Å². The molecule has 0 unspecified atom stereocenters. The molecule has 1 aromatic carbocycles. The van der Waals surface area contributed by atoms with E-state index in [0.29, 0.717) is 6.42 Å². The molecule has 3 heterocycles. The van der Waals surface area contributed by atoms with Gasteiger partial charge in [-0.2, -0.15) is 5.26 Å². The molecule has 0 atom stereocenters. The van der Waals surface area contributed by atoms with E-state index in [4.69, 9.17) is 5.26 Å². The number of anilines is 2. The summed E-state index contributed by atoms with van der Waals surface area (Å²) in [5, 5.41) is 18.8. The van der Waals surface area contributed by atoms with Gasteiger partial charge in [0, 0.05) is 40.3 Å². The fourth-order valence-electron chi connectivity index (χ4n) is 3.40. The normalized spacial score (nSPS) is 13.5. The van der Waals surface area contributed by atoms with E-state index >= 15 is 0 Å². The van der Waals surface area contributed by atoms with Gasteiger partial charge in [0.05, 0.1) is 23.9 Å². The predicted octanol–water partition coefficient (Wildman–Crippen LogP) is 4.95. The number of fused-ring (bicyclic) bond motifs is 1. The maximum atomic E-state index is 8.90. The SMILES string of the molecule is CCc1ncc2ccc(C3=C(C)C=CCN3)cc2c1Nc1ncc(CC#N)s1. The molecule has 0 fully saturated rings. The van der Waals surface area contributed by atoms with Crippen LogP contribution in [-0.4, -0.2) is 16.5 Å². The molecule has 1 aliphatic heterocycles. The summed E-state index contributed by atoms with van der Waals surface area (Å²) in [4.78, 5) is 10.0. The van der Waals surface area contributed by atoms with Crippen LogP contribution in [0.1, 0.15) is 30.0 Å². The number of aryl methyl sites for hydroxylation is 1. The van der Waals surface area contributed by atoms with Crippen LogP contribution in [0.5, 0.6) is 0 Å². The molecule has 5 nitrogen and oxygen atoms in total. The minimum Gasteiger partial charge on any atom is -0.381 e. The number of aromatic nitrogens is 2. The van der Waals surface area contributed by atoms with Crippen LogP contribution < -0.4 is 10.6 Å². The molecule has 0 radical (unpaired) electrons. The minimum atomic E-state index is 0.379. The Labute approximate surface area is 168 Å². The average Bonchev–Trinajstić information content (AvgIpc) is 3.16. The molecular formula is C22H21N5S. The van der Waals surface area contributed by atoms with E-state index in [-0.39, 0.29) is 0 Å². The Kier molecular flexibility index (Phi) is 5.09. The molecule has 2 N–H and O–H groups in total. The zero-order valence-corrected chi connectivity index (χ0v) is 16.7. The lowest BCUT2D eigenvalue weighted by Gasteiger charge is -2.18. The van der Waals surface area contributed by atoms with Crippen molar-refractivity contribution in [3.8, 4) is 6.07 Å². The summed E-state index contributed by atoms with van der Waals surface area (Å²) in [5.41, 5.74) is 5.55. The first-order valence-electron chi connectivity index (χ1n) is 9.31. The van der Waals surface area contributed by atoms with E-state index in [1.165, 1.54) is 16.9 Å². The summed E-state index contributed by atoms with van der Waals surface area (Å²) in [5.74, 6) is 0. The number of nitrogens with zero attached hydrogens (tertiary/aromatic N) is 3. The second-order valence-corrected chi connectivity index (χ2v) is 7.78. The highest BCUT2D eigenvalue weighted by Crippen LogP contribution is 2.33. The highest BCUT2D eigenvalue weighted by atomic mass is 32.1. The molecule has 0 amide bonds. The smallest absolute Gasteiger partial charge is 0.187 e. The molecule has 0 aliphatic carbocycles. The van der Waals surface area contributed by atoms with Crippen molar-refractivity contribution in [3.05, 3.63) is 64.5 Å². The Bertz CT molecular complexity index is 1130. The van der Waals surface area contributed by atoms with Gasteiger partial charge in [-0.1, -0.05) is 31.2 Å². The Morgan fingerprint density at radius 2 is 2.18 bits per heavy atom. The van der Waals surface area contributed by atoms with Crippen LogP contribution in [0.3, 0.4) is 0 Å². The van der Waals surface area contributed by atoms with Crippen molar-refractivity contribution < 1.29 is 0 Å². The molecule has 4 rings (SSSR count). The number of hydrogen-bond donors (Lipinski definition) is 2. The van der Waals surface area contributed by atoms with Gasteiger partial charge >= 0.3 is 0 Å². The lowest BCUT2D eigenvalue weighted by atomic mass is 10.00. The second-order valence-electron chi connectivity index (χ2n) is 6.67. The summed E-state index contributed by atoms with van der Waals surface area (Å²) in [6.45, 7) is 5.07. The molecule has 1 aliphatic rings. The molecule has 2 aromatic heterocycles. The van der Waals surface area contributed by atoms with Gasteiger partial charge in [-0.3, -0.25) is 4.98 Å². The van der Waals surface area contributed by atoms with E-state index in [9.17, 15) is 0 Å². The largest absolute Gasteiger partial charge is 0.381 e. The van der Waals surface area contributed by atoms with Crippen LogP contribution >= 0.6 is 11.3 Å². The summed E-state index contributed by atoms with van der Waals surface area (Å²) >= 11 is 1.51. The van der Waals surface area contributed by atoms with Gasteiger partial charge in [0.25, 0.3) is 0 Å². The maximum absolute atomic E-state index is 8.90. The number of hydrogen-bond acceptors (Lipinski definition) is 6. The van der Waals surface area contributed by atoms with E-state index in [1.54, 1.807) is 6.20 Å². The van der Waals surface area contributed by atoms with E-state index in [0.717, 1.165) is 56.4 Å². The first-order chi connectivity index (χ1) is 13.7. The van der Waals surface area contributed by atoms with Gasteiger partial charge in [0.15, 0.2) is 5.13 Å². The second kappa shape index (κ2) is 7.83. The van der Waals surface area contributed by atoms with Crippen molar-refractivity contribution in [1.29, 1.82) is 5.26 Å².